The third-order valence-electron chi connectivity index (χ3n) is 9.76. The number of aromatic nitrogens is 5. The van der Waals surface area contributed by atoms with Crippen LogP contribution in [0.15, 0.2) is 67.4 Å². The standard InChI is InChI=1S/C38H41FN8O4/c1-4-25-8-11-40-23-31(25)29-20-28(26-7-5-12-46(24-26)34(48)9-14-47-13-6-10-42-47)35(39)36-30(29)21-32(43-36)38(49)45-17-15-44(16-18-45)37-33(51-3)19-27(50-2)22-41-37/h6-8,10-11,13,19-23,43H,4-5,9,12,14-18,24H2,1-3H3. The molecule has 51 heavy (non-hydrogen) atoms. The smallest absolute Gasteiger partial charge is 0.270 e. The number of aromatic amines is 1. The summed E-state index contributed by atoms with van der Waals surface area (Å²) in [6, 6.07) is 9.20. The minimum atomic E-state index is -0.450. The molecule has 2 aliphatic rings. The largest absolute Gasteiger partial charge is 0.495 e. The summed E-state index contributed by atoms with van der Waals surface area (Å²) in [6.45, 7) is 5.40. The first-order chi connectivity index (χ1) is 24.9. The summed E-state index contributed by atoms with van der Waals surface area (Å²) in [5.74, 6) is 1.22. The van der Waals surface area contributed by atoms with E-state index in [1.165, 1.54) is 0 Å². The van der Waals surface area contributed by atoms with Gasteiger partial charge in [0, 0.05) is 99.6 Å². The molecule has 1 aromatic carbocycles. The van der Waals surface area contributed by atoms with Gasteiger partial charge in [0.15, 0.2) is 17.4 Å². The number of aryl methyl sites for hydroxylation is 2. The number of fused-ring (bicyclic) bond motifs is 1. The summed E-state index contributed by atoms with van der Waals surface area (Å²) in [7, 11) is 3.17. The van der Waals surface area contributed by atoms with E-state index < -0.39 is 5.82 Å². The molecule has 13 heteroatoms. The second-order valence-electron chi connectivity index (χ2n) is 12.7. The van der Waals surface area contributed by atoms with E-state index >= 15 is 4.39 Å². The quantitative estimate of drug-likeness (QED) is 0.212. The molecule has 6 heterocycles. The maximum absolute atomic E-state index is 16.7. The number of benzene rings is 1. The summed E-state index contributed by atoms with van der Waals surface area (Å²) in [6.07, 6.45) is 12.4. The average Bonchev–Trinajstić information content (AvgIpc) is 3.88. The van der Waals surface area contributed by atoms with Gasteiger partial charge in [-0.3, -0.25) is 19.3 Å². The summed E-state index contributed by atoms with van der Waals surface area (Å²) in [5, 5.41) is 4.80. The Morgan fingerprint density at radius 1 is 0.961 bits per heavy atom. The molecule has 2 aliphatic heterocycles. The van der Waals surface area contributed by atoms with Crippen molar-refractivity contribution in [3.63, 3.8) is 0 Å². The number of anilines is 1. The number of hydrogen-bond donors (Lipinski definition) is 1. The van der Waals surface area contributed by atoms with E-state index in [4.69, 9.17) is 9.47 Å². The third-order valence-corrected chi connectivity index (χ3v) is 9.76. The predicted molar refractivity (Wildman–Crippen MR) is 192 cm³/mol. The third kappa shape index (κ3) is 6.75. The molecule has 0 spiro atoms. The number of H-pyrrole nitrogens is 1. The lowest BCUT2D eigenvalue weighted by atomic mass is 9.91. The van der Waals surface area contributed by atoms with Gasteiger partial charge in [-0.05, 0) is 53.8 Å². The maximum atomic E-state index is 16.7. The lowest BCUT2D eigenvalue weighted by Crippen LogP contribution is -2.49. The van der Waals surface area contributed by atoms with E-state index in [0.29, 0.717) is 86.1 Å². The molecule has 7 rings (SSSR count). The minimum Gasteiger partial charge on any atom is -0.495 e. The number of pyridine rings is 2. The van der Waals surface area contributed by atoms with Crippen molar-refractivity contribution in [1.82, 2.24) is 34.5 Å². The van der Waals surface area contributed by atoms with Crippen LogP contribution in [0.5, 0.6) is 11.5 Å². The van der Waals surface area contributed by atoms with Crippen LogP contribution in [0.25, 0.3) is 27.6 Å². The zero-order valence-electron chi connectivity index (χ0n) is 29.1. The van der Waals surface area contributed by atoms with Gasteiger partial charge in [-0.2, -0.15) is 5.10 Å². The molecule has 0 atom stereocenters. The number of nitrogens with one attached hydrogen (secondary N) is 1. The summed E-state index contributed by atoms with van der Waals surface area (Å²) < 4.78 is 29.3. The number of halogens is 1. The van der Waals surface area contributed by atoms with Crippen LogP contribution in [0.1, 0.15) is 41.4 Å². The summed E-state index contributed by atoms with van der Waals surface area (Å²) in [5.41, 5.74) is 4.43. The molecule has 4 aromatic heterocycles. The molecule has 0 aliphatic carbocycles. The average molecular weight is 693 g/mol. The van der Waals surface area contributed by atoms with Crippen molar-refractivity contribution in [2.45, 2.75) is 32.7 Å². The lowest BCUT2D eigenvalue weighted by Gasteiger charge is -2.35. The molecular weight excluding hydrogens is 651 g/mol. The van der Waals surface area contributed by atoms with Crippen LogP contribution in [0, 0.1) is 5.82 Å². The second-order valence-corrected chi connectivity index (χ2v) is 12.7. The molecule has 264 valence electrons. The minimum absolute atomic E-state index is 0.00703. The maximum Gasteiger partial charge on any atom is 0.270 e. The van der Waals surface area contributed by atoms with E-state index in [0.717, 1.165) is 28.7 Å². The van der Waals surface area contributed by atoms with Crippen LogP contribution < -0.4 is 14.4 Å². The zero-order valence-corrected chi connectivity index (χ0v) is 29.1. The highest BCUT2D eigenvalue weighted by Gasteiger charge is 2.29. The molecule has 1 saturated heterocycles. The number of nitrogens with zero attached hydrogens (tertiary/aromatic N) is 7. The first-order valence-electron chi connectivity index (χ1n) is 17.2. The second kappa shape index (κ2) is 14.6. The first-order valence-corrected chi connectivity index (χ1v) is 17.2. The Kier molecular flexibility index (Phi) is 9.69. The molecular formula is C38H41FN8O4. The van der Waals surface area contributed by atoms with Gasteiger partial charge in [0.05, 0.1) is 25.9 Å². The molecule has 0 radical (unpaired) electrons. The Balaban J connectivity index is 1.18. The highest BCUT2D eigenvalue weighted by molar-refractivity contribution is 6.05. The SMILES string of the molecule is CCc1ccncc1-c1cc(C2=CCCN(C(=O)CCn3cccn3)C2)c(F)c2[nH]c(C(=O)N3CCN(c4ncc(OC)cc4OC)CC3)cc12. The Bertz CT molecular complexity index is 2080. The highest BCUT2D eigenvalue weighted by Crippen LogP contribution is 2.38. The van der Waals surface area contributed by atoms with Gasteiger partial charge in [0.1, 0.15) is 11.4 Å². The molecule has 0 unspecified atom stereocenters. The van der Waals surface area contributed by atoms with E-state index in [-0.39, 0.29) is 23.9 Å². The molecule has 0 bridgehead atoms. The monoisotopic (exact) mass is 692 g/mol. The Morgan fingerprint density at radius 2 is 1.80 bits per heavy atom. The van der Waals surface area contributed by atoms with Crippen LogP contribution >= 0.6 is 0 Å². The predicted octanol–water partition coefficient (Wildman–Crippen LogP) is 5.21. The number of rotatable bonds is 10. The summed E-state index contributed by atoms with van der Waals surface area (Å²) in [4.78, 5) is 44.9. The number of methoxy groups -OCH3 is 2. The van der Waals surface area contributed by atoms with Crippen LogP contribution in [-0.4, -0.2) is 99.8 Å². The molecule has 1 fully saturated rings. The Labute approximate surface area is 295 Å². The van der Waals surface area contributed by atoms with E-state index in [1.54, 1.807) is 65.6 Å². The van der Waals surface area contributed by atoms with Crippen molar-refractivity contribution in [3.05, 3.63) is 90.0 Å². The van der Waals surface area contributed by atoms with E-state index in [2.05, 4.69) is 31.9 Å². The Hall–Kier alpha value is -5.72. The van der Waals surface area contributed by atoms with Gasteiger partial charge < -0.3 is 29.2 Å². The number of amides is 2. The highest BCUT2D eigenvalue weighted by atomic mass is 19.1. The van der Waals surface area contributed by atoms with Crippen LogP contribution in [-0.2, 0) is 17.8 Å². The number of piperazine rings is 1. The molecule has 2 amide bonds. The van der Waals surface area contributed by atoms with Crippen molar-refractivity contribution in [3.8, 4) is 22.6 Å². The molecule has 0 saturated carbocycles. The van der Waals surface area contributed by atoms with Gasteiger partial charge in [-0.1, -0.05) is 13.0 Å². The van der Waals surface area contributed by atoms with Crippen molar-refractivity contribution >= 4 is 34.1 Å². The fourth-order valence-electron chi connectivity index (χ4n) is 6.97. The van der Waals surface area contributed by atoms with Crippen LogP contribution in [0.4, 0.5) is 10.2 Å². The van der Waals surface area contributed by atoms with Crippen molar-refractivity contribution in [1.29, 1.82) is 0 Å². The van der Waals surface area contributed by atoms with Gasteiger partial charge in [-0.25, -0.2) is 9.37 Å². The fraction of sp³-hybridized carbons (Fsp3) is 0.342. The molecule has 5 aromatic rings. The van der Waals surface area contributed by atoms with Crippen molar-refractivity contribution < 1.29 is 23.5 Å². The van der Waals surface area contributed by atoms with Crippen LogP contribution in [0.2, 0.25) is 0 Å². The fourth-order valence-corrected chi connectivity index (χ4v) is 6.97. The van der Waals surface area contributed by atoms with Gasteiger partial charge >= 0.3 is 0 Å². The van der Waals surface area contributed by atoms with Crippen molar-refractivity contribution in [2.24, 2.45) is 0 Å². The van der Waals surface area contributed by atoms with Crippen LogP contribution in [0.3, 0.4) is 0 Å². The summed E-state index contributed by atoms with van der Waals surface area (Å²) >= 11 is 0. The lowest BCUT2D eigenvalue weighted by molar-refractivity contribution is -0.131. The zero-order chi connectivity index (χ0) is 35.5. The number of carbonyl (C=O) groups excluding carboxylic acids is 2. The van der Waals surface area contributed by atoms with Gasteiger partial charge in [-0.15, -0.1) is 0 Å². The first kappa shape index (κ1) is 33.8. The van der Waals surface area contributed by atoms with Gasteiger partial charge in [0.25, 0.3) is 5.91 Å². The molecule has 1 N–H and O–H groups in total. The Morgan fingerprint density at radius 3 is 2.55 bits per heavy atom. The normalized spacial score (nSPS) is 14.9. The number of hydrogen-bond acceptors (Lipinski definition) is 8. The van der Waals surface area contributed by atoms with E-state index in [1.807, 2.05) is 30.5 Å². The topological polar surface area (TPSA) is 122 Å². The van der Waals surface area contributed by atoms with E-state index in [9.17, 15) is 9.59 Å². The molecule has 12 nitrogen and oxygen atoms in total. The number of carbonyl (C=O) groups is 2. The van der Waals surface area contributed by atoms with Gasteiger partial charge in [0.2, 0.25) is 5.91 Å². The number of ether oxygens (including phenoxy) is 2. The van der Waals surface area contributed by atoms with Crippen molar-refractivity contribution in [2.75, 3.05) is 58.4 Å².